The van der Waals surface area contributed by atoms with Gasteiger partial charge in [0.05, 0.1) is 12.6 Å². The average Bonchev–Trinajstić information content (AvgIpc) is 3.11. The van der Waals surface area contributed by atoms with Crippen LogP contribution < -0.4 is 15.4 Å². The number of nitrogens with one attached hydrogen (secondary N) is 2. The monoisotopic (exact) mass is 520 g/mol. The molecule has 2 atom stereocenters. The zero-order valence-corrected chi connectivity index (χ0v) is 21.7. The number of ketones is 1. The van der Waals surface area contributed by atoms with Gasteiger partial charge in [-0.05, 0) is 44.2 Å². The second-order valence-electron chi connectivity index (χ2n) is 10.0. The Bertz CT molecular complexity index is 1360. The maximum atomic E-state index is 13.3. The van der Waals surface area contributed by atoms with E-state index < -0.39 is 29.8 Å². The molecule has 38 heavy (non-hydrogen) atoms. The van der Waals surface area contributed by atoms with E-state index in [1.165, 1.54) is 23.2 Å². The SMILES string of the molecule is Cc1c(C(=O)NC(CC(C)C)C(=O)N[C@H]2CCCN(C(=O)c3cccc[n+]3[O-])CC2=O)oc2ccccc12. The molecule has 4 rings (SSSR count). The van der Waals surface area contributed by atoms with Gasteiger partial charge in [0.2, 0.25) is 5.91 Å². The first-order chi connectivity index (χ1) is 18.2. The fourth-order valence-corrected chi connectivity index (χ4v) is 4.70. The molecule has 1 saturated heterocycles. The number of furan rings is 1. The minimum Gasteiger partial charge on any atom is -0.618 e. The zero-order chi connectivity index (χ0) is 27.4. The van der Waals surface area contributed by atoms with Crippen LogP contribution in [0.3, 0.4) is 0 Å². The molecule has 2 aromatic heterocycles. The normalized spacial score (nSPS) is 16.8. The summed E-state index contributed by atoms with van der Waals surface area (Å²) in [5, 5.41) is 18.4. The molecule has 1 aliphatic rings. The van der Waals surface area contributed by atoms with Crippen molar-refractivity contribution in [3.05, 3.63) is 70.9 Å². The summed E-state index contributed by atoms with van der Waals surface area (Å²) in [5.41, 5.74) is 1.20. The number of benzene rings is 1. The van der Waals surface area contributed by atoms with Crippen molar-refractivity contribution >= 4 is 34.5 Å². The maximum absolute atomic E-state index is 13.3. The minimum atomic E-state index is -0.882. The molecular formula is C28H32N4O6. The highest BCUT2D eigenvalue weighted by atomic mass is 16.5. The first-order valence-corrected chi connectivity index (χ1v) is 12.7. The van der Waals surface area contributed by atoms with Gasteiger partial charge >= 0.3 is 5.91 Å². The Hall–Kier alpha value is -4.21. The third kappa shape index (κ3) is 5.85. The molecule has 0 bridgehead atoms. The number of hydrogen-bond acceptors (Lipinski definition) is 6. The number of aryl methyl sites for hydroxylation is 1. The molecule has 2 N–H and O–H groups in total. The molecule has 1 aliphatic heterocycles. The molecule has 3 amide bonds. The van der Waals surface area contributed by atoms with E-state index in [2.05, 4.69) is 10.6 Å². The van der Waals surface area contributed by atoms with Crippen LogP contribution in [0, 0.1) is 18.0 Å². The highest BCUT2D eigenvalue weighted by Crippen LogP contribution is 2.25. The summed E-state index contributed by atoms with van der Waals surface area (Å²) in [6.45, 7) is 5.72. The van der Waals surface area contributed by atoms with Gasteiger partial charge in [-0.15, -0.1) is 0 Å². The molecule has 1 unspecified atom stereocenters. The highest BCUT2D eigenvalue weighted by Gasteiger charge is 2.33. The Morgan fingerprint density at radius 3 is 2.61 bits per heavy atom. The van der Waals surface area contributed by atoms with Gasteiger partial charge in [-0.25, -0.2) is 0 Å². The first-order valence-electron chi connectivity index (χ1n) is 12.7. The fourth-order valence-electron chi connectivity index (χ4n) is 4.70. The number of aromatic nitrogens is 1. The summed E-state index contributed by atoms with van der Waals surface area (Å²) in [4.78, 5) is 53.6. The predicted octanol–water partition coefficient (Wildman–Crippen LogP) is 2.51. The standard InChI is InChI=1S/C28H32N4O6/c1-17(2)15-21(30-27(35)25-18(3)19-9-4-5-12-24(19)38-25)26(34)29-20-10-8-13-31(16-23(20)33)28(36)22-11-6-7-14-32(22)37/h4-7,9,11-12,14,17,20-21H,8,10,13,15-16H2,1-3H3,(H,29,34)(H,30,35)/t20-,21?/m0/s1. The van der Waals surface area contributed by atoms with Crippen LogP contribution >= 0.6 is 0 Å². The van der Waals surface area contributed by atoms with E-state index in [9.17, 15) is 24.4 Å². The van der Waals surface area contributed by atoms with E-state index in [0.29, 0.717) is 35.1 Å². The number of likely N-dealkylation sites (tertiary alicyclic amines) is 1. The molecule has 1 fully saturated rings. The molecule has 0 saturated carbocycles. The minimum absolute atomic E-state index is 0.0663. The van der Waals surface area contributed by atoms with Crippen molar-refractivity contribution in [3.63, 3.8) is 0 Å². The van der Waals surface area contributed by atoms with Gasteiger partial charge in [0, 0.05) is 29.6 Å². The summed E-state index contributed by atoms with van der Waals surface area (Å²) >= 11 is 0. The maximum Gasteiger partial charge on any atom is 0.320 e. The number of carbonyl (C=O) groups excluding carboxylic acids is 4. The number of fused-ring (bicyclic) bond motifs is 1. The molecular weight excluding hydrogens is 488 g/mol. The van der Waals surface area contributed by atoms with E-state index >= 15 is 0 Å². The quantitative estimate of drug-likeness (QED) is 0.363. The Balaban J connectivity index is 1.44. The van der Waals surface area contributed by atoms with Crippen LogP contribution in [0.2, 0.25) is 0 Å². The number of carbonyl (C=O) groups is 4. The lowest BCUT2D eigenvalue weighted by molar-refractivity contribution is -0.608. The van der Waals surface area contributed by atoms with Crippen LogP contribution in [0.5, 0.6) is 0 Å². The van der Waals surface area contributed by atoms with Gasteiger partial charge in [-0.3, -0.25) is 19.2 Å². The third-order valence-electron chi connectivity index (χ3n) is 6.68. The van der Waals surface area contributed by atoms with Crippen molar-refractivity contribution in [1.82, 2.24) is 15.5 Å². The van der Waals surface area contributed by atoms with E-state index in [1.807, 2.05) is 32.0 Å². The zero-order valence-electron chi connectivity index (χ0n) is 21.7. The lowest BCUT2D eigenvalue weighted by Crippen LogP contribution is -2.53. The van der Waals surface area contributed by atoms with Crippen LogP contribution in [-0.4, -0.2) is 53.6 Å². The molecule has 3 aromatic rings. The average molecular weight is 521 g/mol. The van der Waals surface area contributed by atoms with Gasteiger partial charge in [0.25, 0.3) is 11.6 Å². The van der Waals surface area contributed by atoms with Crippen LogP contribution in [0.1, 0.15) is 59.7 Å². The second kappa shape index (κ2) is 11.5. The second-order valence-corrected chi connectivity index (χ2v) is 10.0. The lowest BCUT2D eigenvalue weighted by Gasteiger charge is -2.23. The number of para-hydroxylation sites is 1. The predicted molar refractivity (Wildman–Crippen MR) is 139 cm³/mol. The van der Waals surface area contributed by atoms with Crippen LogP contribution in [-0.2, 0) is 9.59 Å². The molecule has 1 aromatic carbocycles. The topological polar surface area (TPSA) is 136 Å². The van der Waals surface area contributed by atoms with Crippen molar-refractivity contribution < 1.29 is 28.3 Å². The Labute approximate surface area is 220 Å². The Kier molecular flexibility index (Phi) is 8.09. The van der Waals surface area contributed by atoms with E-state index in [4.69, 9.17) is 4.42 Å². The summed E-state index contributed by atoms with van der Waals surface area (Å²) in [6.07, 6.45) is 2.39. The third-order valence-corrected chi connectivity index (χ3v) is 6.68. The summed E-state index contributed by atoms with van der Waals surface area (Å²) in [5.74, 6) is -1.61. The van der Waals surface area contributed by atoms with Gasteiger partial charge in [0.15, 0.2) is 17.7 Å². The van der Waals surface area contributed by atoms with Gasteiger partial charge < -0.3 is 25.2 Å². The fraction of sp³-hybridized carbons (Fsp3) is 0.393. The Morgan fingerprint density at radius 2 is 1.89 bits per heavy atom. The number of nitrogens with zero attached hydrogens (tertiary/aromatic N) is 2. The van der Waals surface area contributed by atoms with Crippen LogP contribution in [0.15, 0.2) is 53.1 Å². The summed E-state index contributed by atoms with van der Waals surface area (Å²) in [6, 6.07) is 10.1. The number of pyridine rings is 1. The number of amides is 3. The summed E-state index contributed by atoms with van der Waals surface area (Å²) < 4.78 is 6.22. The van der Waals surface area contributed by atoms with E-state index in [0.717, 1.165) is 5.39 Å². The largest absolute Gasteiger partial charge is 0.618 e. The van der Waals surface area contributed by atoms with Crippen LogP contribution in [0.4, 0.5) is 0 Å². The Morgan fingerprint density at radius 1 is 1.16 bits per heavy atom. The molecule has 0 spiro atoms. The first kappa shape index (κ1) is 26.8. The highest BCUT2D eigenvalue weighted by molar-refractivity contribution is 6.02. The van der Waals surface area contributed by atoms with Crippen molar-refractivity contribution in [2.24, 2.45) is 5.92 Å². The van der Waals surface area contributed by atoms with E-state index in [1.54, 1.807) is 19.1 Å². The molecule has 10 heteroatoms. The van der Waals surface area contributed by atoms with Gasteiger partial charge in [-0.1, -0.05) is 32.0 Å². The van der Waals surface area contributed by atoms with Gasteiger partial charge in [-0.2, -0.15) is 4.73 Å². The number of hydrogen-bond donors (Lipinski definition) is 2. The van der Waals surface area contributed by atoms with Crippen molar-refractivity contribution in [1.29, 1.82) is 0 Å². The number of rotatable bonds is 7. The molecule has 10 nitrogen and oxygen atoms in total. The summed E-state index contributed by atoms with van der Waals surface area (Å²) in [7, 11) is 0. The number of Topliss-reactive ketones (excluding diaryl/α,β-unsaturated/α-hetero) is 1. The van der Waals surface area contributed by atoms with Crippen LogP contribution in [0.25, 0.3) is 11.0 Å². The lowest BCUT2D eigenvalue weighted by atomic mass is 10.0. The van der Waals surface area contributed by atoms with E-state index in [-0.39, 0.29) is 36.2 Å². The van der Waals surface area contributed by atoms with Crippen molar-refractivity contribution in [3.8, 4) is 0 Å². The van der Waals surface area contributed by atoms with Gasteiger partial charge in [0.1, 0.15) is 11.6 Å². The molecule has 0 aliphatic carbocycles. The smallest absolute Gasteiger partial charge is 0.320 e. The molecule has 200 valence electrons. The molecule has 3 heterocycles. The van der Waals surface area contributed by atoms with Crippen molar-refractivity contribution in [2.45, 2.75) is 52.1 Å². The molecule has 0 radical (unpaired) electrons. The van der Waals surface area contributed by atoms with Crippen molar-refractivity contribution in [2.75, 3.05) is 13.1 Å².